The summed E-state index contributed by atoms with van der Waals surface area (Å²) >= 11 is 0. The zero-order valence-electron chi connectivity index (χ0n) is 5.04. The SMILES string of the molecule is [Ce].[Ce].[Ce].[SnH2].[SnH2].[SnH2].[SnH2].[SnH2]. The molecule has 8 heavy (non-hydrogen) atoms. The molecule has 0 saturated heterocycles. The van der Waals surface area contributed by atoms with Crippen LogP contribution in [-0.4, -0.2) is 120 Å². The van der Waals surface area contributed by atoms with E-state index in [9.17, 15) is 0 Å². The summed E-state index contributed by atoms with van der Waals surface area (Å²) in [5.41, 5.74) is 0. The summed E-state index contributed by atoms with van der Waals surface area (Å²) in [4.78, 5) is 0. The van der Waals surface area contributed by atoms with Crippen molar-refractivity contribution >= 4 is 120 Å². The van der Waals surface area contributed by atoms with Crippen molar-refractivity contribution in [3.8, 4) is 0 Å². The summed E-state index contributed by atoms with van der Waals surface area (Å²) in [6.45, 7) is 0. The Morgan fingerprint density at radius 2 is 0.250 bits per heavy atom. The number of rotatable bonds is 0. The van der Waals surface area contributed by atoms with E-state index < -0.39 is 0 Å². The molecule has 0 heterocycles. The van der Waals surface area contributed by atoms with Crippen LogP contribution in [0.2, 0.25) is 0 Å². The molecule has 10 radical (unpaired) electrons. The molecule has 0 rings (SSSR count). The van der Waals surface area contributed by atoms with Crippen LogP contribution in [0.25, 0.3) is 0 Å². The van der Waals surface area contributed by atoms with Gasteiger partial charge in [0.15, 0.2) is 0 Å². The first-order valence-electron chi connectivity index (χ1n) is 0. The molecule has 0 aliphatic carbocycles. The van der Waals surface area contributed by atoms with Crippen LogP contribution >= 0.6 is 0 Å². The van der Waals surface area contributed by atoms with Gasteiger partial charge in [0.2, 0.25) is 0 Å². The minimum absolute atomic E-state index is 0. The third-order valence-electron chi connectivity index (χ3n) is 0. The quantitative estimate of drug-likeness (QED) is 0.215. The van der Waals surface area contributed by atoms with Gasteiger partial charge in [0.25, 0.3) is 0 Å². The monoisotopic (exact) mass is 1030 g/mol. The van der Waals surface area contributed by atoms with Gasteiger partial charge >= 0.3 is 120 Å². The molecular formula is H10Ce3Sn5. The Morgan fingerprint density at radius 1 is 0.250 bits per heavy atom. The standard InChI is InChI=1S/3Ce.5Sn.10H. The average Bonchev–Trinajstić information content (AvgIpc) is 0. The van der Waals surface area contributed by atoms with E-state index in [1.165, 1.54) is 0 Å². The molecule has 0 nitrogen and oxygen atoms in total. The van der Waals surface area contributed by atoms with E-state index in [4.69, 9.17) is 0 Å². The second kappa shape index (κ2) is 45.7. The molecule has 0 spiro atoms. The van der Waals surface area contributed by atoms with Gasteiger partial charge in [0.05, 0.1) is 0 Å². The van der Waals surface area contributed by atoms with Crippen molar-refractivity contribution in [3.63, 3.8) is 0 Å². The first-order chi connectivity index (χ1) is 0. The van der Waals surface area contributed by atoms with Crippen molar-refractivity contribution < 1.29 is 125 Å². The van der Waals surface area contributed by atoms with Crippen LogP contribution in [0.5, 0.6) is 0 Å². The summed E-state index contributed by atoms with van der Waals surface area (Å²) in [5.74, 6) is 0. The van der Waals surface area contributed by atoms with Gasteiger partial charge in [-0.1, -0.05) is 0 Å². The molecule has 0 aliphatic heterocycles. The molecule has 0 saturated carbocycles. The van der Waals surface area contributed by atoms with Crippen LogP contribution in [0.4, 0.5) is 0 Å². The van der Waals surface area contributed by atoms with Crippen LogP contribution in [0.1, 0.15) is 0 Å². The summed E-state index contributed by atoms with van der Waals surface area (Å²) in [6, 6.07) is 0. The van der Waals surface area contributed by atoms with E-state index in [1.807, 2.05) is 0 Å². The van der Waals surface area contributed by atoms with Gasteiger partial charge in [-0.15, -0.1) is 0 Å². The Kier molecular flexibility index (Phi) is 319. The molecule has 0 bridgehead atoms. The van der Waals surface area contributed by atoms with Crippen molar-refractivity contribution in [3.05, 3.63) is 0 Å². The fourth-order valence-electron chi connectivity index (χ4n) is 0. The molecule has 0 amide bonds. The van der Waals surface area contributed by atoms with Crippen molar-refractivity contribution in [1.82, 2.24) is 0 Å². The summed E-state index contributed by atoms with van der Waals surface area (Å²) in [7, 11) is 0. The van der Waals surface area contributed by atoms with E-state index in [-0.39, 0.29) is 245 Å². The fourth-order valence-corrected chi connectivity index (χ4v) is 0. The van der Waals surface area contributed by atoms with Gasteiger partial charge < -0.3 is 0 Å². The third-order valence-corrected chi connectivity index (χ3v) is 0. The second-order valence-electron chi connectivity index (χ2n) is 0. The first-order valence-corrected chi connectivity index (χ1v) is 0. The topological polar surface area (TPSA) is 0 Å². The fraction of sp³-hybridized carbons (Fsp3) is 0. The second-order valence-corrected chi connectivity index (χ2v) is 0. The van der Waals surface area contributed by atoms with Gasteiger partial charge in [-0.3, -0.25) is 0 Å². The van der Waals surface area contributed by atoms with E-state index in [1.54, 1.807) is 0 Å². The Morgan fingerprint density at radius 3 is 0.250 bits per heavy atom. The normalized spacial score (nSPS) is 0. The van der Waals surface area contributed by atoms with Crippen LogP contribution in [0, 0.1) is 125 Å². The Balaban J connectivity index is 0. The number of hydrogen-bond acceptors (Lipinski definition) is 0. The first kappa shape index (κ1) is 55.9. The zero-order chi connectivity index (χ0) is 0. The molecule has 0 aromatic carbocycles. The zero-order valence-corrected chi connectivity index (χ0v) is 34.6. The molecule has 0 N–H and O–H groups in total. The minimum atomic E-state index is 0. The van der Waals surface area contributed by atoms with Crippen molar-refractivity contribution in [2.45, 2.75) is 0 Å². The molecule has 42 valence electrons. The molecule has 0 aliphatic rings. The average molecular weight is 1020 g/mol. The summed E-state index contributed by atoms with van der Waals surface area (Å²) in [5, 5.41) is 0. The Hall–Kier alpha value is 8.12. The maximum absolute atomic E-state index is 0. The van der Waals surface area contributed by atoms with Crippen LogP contribution in [0.3, 0.4) is 0 Å². The molecular weight excluding hydrogens is 1010 g/mol. The molecule has 0 unspecified atom stereocenters. The van der Waals surface area contributed by atoms with Crippen molar-refractivity contribution in [2.24, 2.45) is 0 Å². The van der Waals surface area contributed by atoms with Gasteiger partial charge in [-0.2, -0.15) is 0 Å². The van der Waals surface area contributed by atoms with E-state index in [2.05, 4.69) is 0 Å². The molecule has 0 aromatic rings. The predicted octanol–water partition coefficient (Wildman–Crippen LogP) is -4.58. The van der Waals surface area contributed by atoms with Gasteiger partial charge in [-0.25, -0.2) is 0 Å². The molecule has 0 aromatic heterocycles. The van der Waals surface area contributed by atoms with E-state index in [0.29, 0.717) is 0 Å². The molecule has 0 fully saturated rings. The summed E-state index contributed by atoms with van der Waals surface area (Å²) < 4.78 is 0. The van der Waals surface area contributed by atoms with Gasteiger partial charge in [0.1, 0.15) is 0 Å². The molecule has 0 atom stereocenters. The van der Waals surface area contributed by atoms with Crippen LogP contribution < -0.4 is 0 Å². The maximum atomic E-state index is 0. The van der Waals surface area contributed by atoms with E-state index in [0.717, 1.165) is 0 Å². The van der Waals surface area contributed by atoms with Crippen molar-refractivity contribution in [1.29, 1.82) is 0 Å². The van der Waals surface area contributed by atoms with E-state index >= 15 is 0 Å². The Bertz CT molecular complexity index is 7.64. The number of hydrogen-bond donors (Lipinski definition) is 0. The van der Waals surface area contributed by atoms with Crippen molar-refractivity contribution in [2.75, 3.05) is 0 Å². The Labute approximate surface area is 236 Å². The van der Waals surface area contributed by atoms with Crippen LogP contribution in [0.15, 0.2) is 0 Å². The predicted molar refractivity (Wildman–Crippen MR) is 42.7 cm³/mol. The third kappa shape index (κ3) is 36.9. The molecule has 8 heteroatoms. The van der Waals surface area contributed by atoms with Gasteiger partial charge in [-0.05, 0) is 0 Å². The van der Waals surface area contributed by atoms with Crippen LogP contribution in [-0.2, 0) is 0 Å². The summed E-state index contributed by atoms with van der Waals surface area (Å²) in [6.07, 6.45) is 0. The van der Waals surface area contributed by atoms with Gasteiger partial charge in [0, 0.05) is 125 Å².